The van der Waals surface area contributed by atoms with Crippen LogP contribution in [0.1, 0.15) is 30.8 Å². The van der Waals surface area contributed by atoms with Crippen molar-refractivity contribution < 1.29 is 4.52 Å². The molecule has 2 aliphatic rings. The summed E-state index contributed by atoms with van der Waals surface area (Å²) in [5.41, 5.74) is 1.77. The monoisotopic (exact) mass is 348 g/mol. The van der Waals surface area contributed by atoms with Gasteiger partial charge in [-0.2, -0.15) is 4.98 Å². The van der Waals surface area contributed by atoms with Gasteiger partial charge >= 0.3 is 0 Å². The molecule has 0 spiro atoms. The first-order valence-corrected chi connectivity index (χ1v) is 9.04. The smallest absolute Gasteiger partial charge is 0.235 e. The Labute approximate surface area is 151 Å². The molecule has 26 heavy (non-hydrogen) atoms. The summed E-state index contributed by atoms with van der Waals surface area (Å²) in [5.74, 6) is 2.65. The predicted octanol–water partition coefficient (Wildman–Crippen LogP) is 2.79. The average Bonchev–Trinajstić information content (AvgIpc) is 3.36. The molecule has 0 bridgehead atoms. The lowest BCUT2D eigenvalue weighted by Crippen LogP contribution is -2.32. The minimum atomic E-state index is -0.0967. The normalized spacial score (nSPS) is 24.8. The van der Waals surface area contributed by atoms with E-state index >= 15 is 0 Å². The van der Waals surface area contributed by atoms with Gasteiger partial charge in [-0.15, -0.1) is 0 Å². The number of nitrogens with zero attached hydrogens (tertiary/aromatic N) is 6. The highest BCUT2D eigenvalue weighted by molar-refractivity contribution is 5.52. The molecule has 3 aromatic heterocycles. The second-order valence-corrected chi connectivity index (χ2v) is 7.29. The van der Waals surface area contributed by atoms with Crippen LogP contribution in [0.3, 0.4) is 0 Å². The maximum atomic E-state index is 5.76. The van der Waals surface area contributed by atoms with Crippen LogP contribution < -0.4 is 4.90 Å². The molecule has 1 saturated heterocycles. The van der Waals surface area contributed by atoms with Crippen molar-refractivity contribution in [1.29, 1.82) is 0 Å². The van der Waals surface area contributed by atoms with Crippen molar-refractivity contribution in [2.45, 2.75) is 31.6 Å². The molecule has 2 atom stereocenters. The fraction of sp³-hybridized carbons (Fsp3) is 0.421. The van der Waals surface area contributed by atoms with E-state index in [0.29, 0.717) is 11.7 Å². The zero-order valence-corrected chi connectivity index (χ0v) is 14.7. The number of aryl methyl sites for hydroxylation is 1. The van der Waals surface area contributed by atoms with Gasteiger partial charge in [-0.25, -0.2) is 9.97 Å². The van der Waals surface area contributed by atoms with Gasteiger partial charge in [-0.1, -0.05) is 11.6 Å². The van der Waals surface area contributed by atoms with Crippen LogP contribution >= 0.6 is 0 Å². The van der Waals surface area contributed by atoms with Crippen molar-refractivity contribution in [2.75, 3.05) is 18.0 Å². The number of rotatable bonds is 3. The summed E-state index contributed by atoms with van der Waals surface area (Å²) < 4.78 is 5.76. The van der Waals surface area contributed by atoms with Crippen molar-refractivity contribution >= 4 is 5.95 Å². The molecule has 0 aromatic carbocycles. The quantitative estimate of drug-likeness (QED) is 0.720. The molecule has 1 aliphatic heterocycles. The standard InChI is InChI=1S/C19H20N6O/c1-13-6-9-21-18(22-13)25-11-15-5-2-7-19(15,12-25)17-23-16(24-26-17)14-4-3-8-20-10-14/h3-4,6,8-10,15H,2,5,7,11-12H2,1H3/t15-,19-/m1/s1. The summed E-state index contributed by atoms with van der Waals surface area (Å²) in [5, 5.41) is 4.22. The molecule has 0 unspecified atom stereocenters. The van der Waals surface area contributed by atoms with Gasteiger partial charge in [0.05, 0.1) is 5.41 Å². The summed E-state index contributed by atoms with van der Waals surface area (Å²) >= 11 is 0. The van der Waals surface area contributed by atoms with E-state index in [2.05, 4.69) is 25.0 Å². The van der Waals surface area contributed by atoms with Gasteiger partial charge in [0.15, 0.2) is 0 Å². The van der Waals surface area contributed by atoms with Crippen LogP contribution in [0.2, 0.25) is 0 Å². The second-order valence-electron chi connectivity index (χ2n) is 7.29. The Hall–Kier alpha value is -2.83. The third-order valence-electron chi connectivity index (χ3n) is 5.71. The summed E-state index contributed by atoms with van der Waals surface area (Å²) in [6, 6.07) is 5.76. The molecule has 0 amide bonds. The second kappa shape index (κ2) is 5.86. The molecule has 3 aromatic rings. The van der Waals surface area contributed by atoms with Crippen LogP contribution in [0.15, 0.2) is 41.3 Å². The lowest BCUT2D eigenvalue weighted by atomic mass is 9.80. The average molecular weight is 348 g/mol. The predicted molar refractivity (Wildman–Crippen MR) is 95.5 cm³/mol. The maximum Gasteiger partial charge on any atom is 0.235 e. The van der Waals surface area contributed by atoms with Gasteiger partial charge in [0.1, 0.15) is 0 Å². The van der Waals surface area contributed by atoms with Gasteiger partial charge < -0.3 is 9.42 Å². The minimum absolute atomic E-state index is 0.0967. The summed E-state index contributed by atoms with van der Waals surface area (Å²) in [6.07, 6.45) is 8.76. The van der Waals surface area contributed by atoms with Crippen LogP contribution in [0, 0.1) is 12.8 Å². The zero-order chi connectivity index (χ0) is 17.6. The van der Waals surface area contributed by atoms with E-state index in [4.69, 9.17) is 9.51 Å². The van der Waals surface area contributed by atoms with Crippen LogP contribution in [0.4, 0.5) is 5.95 Å². The molecule has 0 radical (unpaired) electrons. The van der Waals surface area contributed by atoms with Gasteiger partial charge in [0.2, 0.25) is 17.7 Å². The van der Waals surface area contributed by atoms with E-state index in [1.165, 1.54) is 12.8 Å². The van der Waals surface area contributed by atoms with Crippen molar-refractivity contribution in [3.05, 3.63) is 48.4 Å². The van der Waals surface area contributed by atoms with Gasteiger partial charge in [0.25, 0.3) is 0 Å². The fourth-order valence-corrected chi connectivity index (χ4v) is 4.42. The molecule has 7 nitrogen and oxygen atoms in total. The van der Waals surface area contributed by atoms with Crippen LogP contribution in [0.25, 0.3) is 11.4 Å². The van der Waals surface area contributed by atoms with Gasteiger partial charge in [0, 0.05) is 42.9 Å². The first kappa shape index (κ1) is 15.4. The number of anilines is 1. The first-order chi connectivity index (χ1) is 12.7. The summed E-state index contributed by atoms with van der Waals surface area (Å²) in [6.45, 7) is 3.76. The number of aromatic nitrogens is 5. The van der Waals surface area contributed by atoms with Gasteiger partial charge in [-0.05, 0) is 43.9 Å². The van der Waals surface area contributed by atoms with E-state index in [1.807, 2.05) is 31.3 Å². The third-order valence-corrected chi connectivity index (χ3v) is 5.71. The molecule has 132 valence electrons. The van der Waals surface area contributed by atoms with E-state index in [9.17, 15) is 0 Å². The third kappa shape index (κ3) is 2.38. The Bertz CT molecular complexity index is 927. The molecule has 4 heterocycles. The molecular formula is C19H20N6O. The van der Waals surface area contributed by atoms with Crippen LogP contribution in [0.5, 0.6) is 0 Å². The fourth-order valence-electron chi connectivity index (χ4n) is 4.42. The largest absolute Gasteiger partial charge is 0.339 e. The Morgan fingerprint density at radius 3 is 3.04 bits per heavy atom. The van der Waals surface area contributed by atoms with Crippen LogP contribution in [-0.4, -0.2) is 38.2 Å². The molecule has 1 aliphatic carbocycles. The first-order valence-electron chi connectivity index (χ1n) is 9.04. The Kier molecular flexibility index (Phi) is 3.48. The summed E-state index contributed by atoms with van der Waals surface area (Å²) in [4.78, 5) is 20.2. The Balaban J connectivity index is 1.48. The van der Waals surface area contributed by atoms with Crippen molar-refractivity contribution in [3.8, 4) is 11.4 Å². The highest BCUT2D eigenvalue weighted by atomic mass is 16.5. The van der Waals surface area contributed by atoms with Crippen molar-refractivity contribution in [3.63, 3.8) is 0 Å². The number of hydrogen-bond donors (Lipinski definition) is 0. The molecule has 7 heteroatoms. The maximum absolute atomic E-state index is 5.76. The van der Waals surface area contributed by atoms with Crippen molar-refractivity contribution in [2.24, 2.45) is 5.92 Å². The lowest BCUT2D eigenvalue weighted by molar-refractivity contribution is 0.266. The SMILES string of the molecule is Cc1ccnc(N2C[C@H]3CCC[C@@]3(c3nc(-c4cccnc4)no3)C2)n1. The minimum Gasteiger partial charge on any atom is -0.339 e. The van der Waals surface area contributed by atoms with E-state index in [1.54, 1.807) is 12.4 Å². The number of hydrogen-bond acceptors (Lipinski definition) is 7. The Morgan fingerprint density at radius 1 is 1.23 bits per heavy atom. The highest BCUT2D eigenvalue weighted by Gasteiger charge is 2.54. The molecule has 2 fully saturated rings. The Morgan fingerprint density at radius 2 is 2.19 bits per heavy atom. The molecular weight excluding hydrogens is 328 g/mol. The van der Waals surface area contributed by atoms with Gasteiger partial charge in [-0.3, -0.25) is 4.98 Å². The molecule has 5 rings (SSSR count). The lowest BCUT2D eigenvalue weighted by Gasteiger charge is -2.24. The zero-order valence-electron chi connectivity index (χ0n) is 14.7. The number of fused-ring (bicyclic) bond motifs is 1. The number of pyridine rings is 1. The highest BCUT2D eigenvalue weighted by Crippen LogP contribution is 2.50. The molecule has 0 N–H and O–H groups in total. The van der Waals surface area contributed by atoms with E-state index in [-0.39, 0.29) is 5.41 Å². The van der Waals surface area contributed by atoms with E-state index in [0.717, 1.165) is 42.6 Å². The van der Waals surface area contributed by atoms with Crippen molar-refractivity contribution in [1.82, 2.24) is 25.1 Å². The topological polar surface area (TPSA) is 80.8 Å². The van der Waals surface area contributed by atoms with Crippen LogP contribution in [-0.2, 0) is 5.41 Å². The van der Waals surface area contributed by atoms with E-state index < -0.39 is 0 Å². The summed E-state index contributed by atoms with van der Waals surface area (Å²) in [7, 11) is 0. The molecule has 1 saturated carbocycles.